The number of rotatable bonds is 4. The number of carboxylic acids is 2. The highest BCUT2D eigenvalue weighted by atomic mass is 16.4. The molecule has 0 aromatic carbocycles. The summed E-state index contributed by atoms with van der Waals surface area (Å²) < 4.78 is 0. The first-order valence-corrected chi connectivity index (χ1v) is 3.60. The van der Waals surface area contributed by atoms with Crippen molar-refractivity contribution in [3.05, 3.63) is 11.6 Å². The van der Waals surface area contributed by atoms with Crippen molar-refractivity contribution in [3.63, 3.8) is 0 Å². The minimum atomic E-state index is -1.21. The maximum atomic E-state index is 10.4. The van der Waals surface area contributed by atoms with Crippen molar-refractivity contribution < 1.29 is 19.8 Å². The van der Waals surface area contributed by atoms with Gasteiger partial charge < -0.3 is 10.2 Å². The number of carbonyl (C=O) groups is 2. The normalized spacial score (nSPS) is 11.8. The first kappa shape index (κ1) is 10.7. The molecule has 0 heterocycles. The summed E-state index contributed by atoms with van der Waals surface area (Å²) in [6.07, 6.45) is 1.02. The third kappa shape index (κ3) is 4.49. The third-order valence-corrected chi connectivity index (χ3v) is 1.20. The highest BCUT2D eigenvalue weighted by Crippen LogP contribution is 2.10. The second-order valence-electron chi connectivity index (χ2n) is 2.91. The van der Waals surface area contributed by atoms with Crippen LogP contribution in [0.3, 0.4) is 0 Å². The van der Waals surface area contributed by atoms with Crippen molar-refractivity contribution in [3.8, 4) is 0 Å². The Balaban J connectivity index is 4.44. The summed E-state index contributed by atoms with van der Waals surface area (Å²) in [4.78, 5) is 20.6. The number of carboxylic acid groups (broad SMARTS) is 2. The zero-order chi connectivity index (χ0) is 9.72. The summed E-state index contributed by atoms with van der Waals surface area (Å²) in [5, 5.41) is 16.8. The van der Waals surface area contributed by atoms with Crippen LogP contribution in [0.5, 0.6) is 0 Å². The molecule has 0 saturated heterocycles. The Hall–Kier alpha value is -1.32. The lowest BCUT2D eigenvalue weighted by Gasteiger charge is -2.03. The van der Waals surface area contributed by atoms with E-state index < -0.39 is 11.9 Å². The van der Waals surface area contributed by atoms with E-state index in [2.05, 4.69) is 0 Å². The number of hydrogen-bond donors (Lipinski definition) is 2. The fraction of sp³-hybridized carbons (Fsp3) is 0.500. The maximum absolute atomic E-state index is 10.4. The van der Waals surface area contributed by atoms with Crippen LogP contribution >= 0.6 is 0 Å². The number of aliphatic carboxylic acids is 2. The quantitative estimate of drug-likeness (QED) is 0.623. The molecule has 0 aliphatic carbocycles. The fourth-order valence-corrected chi connectivity index (χ4v) is 0.797. The van der Waals surface area contributed by atoms with Crippen molar-refractivity contribution in [2.75, 3.05) is 0 Å². The molecule has 68 valence electrons. The zero-order valence-electron chi connectivity index (χ0n) is 7.07. The van der Waals surface area contributed by atoms with Crippen LogP contribution in [0.25, 0.3) is 0 Å². The standard InChI is InChI=1S/C8H12O4/c1-5(2)3-6(8(11)12)4-7(9)10/h4-5H,3H2,1-2H3,(H,9,10)(H,11,12)/b6-4-. The van der Waals surface area contributed by atoms with Gasteiger partial charge in [0.05, 0.1) is 0 Å². The van der Waals surface area contributed by atoms with Crippen LogP contribution in [0.15, 0.2) is 11.6 Å². The van der Waals surface area contributed by atoms with Gasteiger partial charge in [-0.15, -0.1) is 0 Å². The van der Waals surface area contributed by atoms with Gasteiger partial charge in [0.25, 0.3) is 0 Å². The summed E-state index contributed by atoms with van der Waals surface area (Å²) in [5.41, 5.74) is -0.0579. The molecule has 0 aliphatic heterocycles. The first-order chi connectivity index (χ1) is 5.43. The molecule has 4 heteroatoms. The average Bonchev–Trinajstić information content (AvgIpc) is 1.83. The minimum absolute atomic E-state index is 0.0579. The van der Waals surface area contributed by atoms with Crippen LogP contribution in [0.2, 0.25) is 0 Å². The summed E-state index contributed by atoms with van der Waals surface area (Å²) in [7, 11) is 0. The molecule has 2 N–H and O–H groups in total. The second-order valence-corrected chi connectivity index (χ2v) is 2.91. The van der Waals surface area contributed by atoms with E-state index in [1.165, 1.54) is 0 Å². The van der Waals surface area contributed by atoms with E-state index in [1.54, 1.807) is 0 Å². The Morgan fingerprint density at radius 3 is 2.08 bits per heavy atom. The lowest BCUT2D eigenvalue weighted by Crippen LogP contribution is -2.06. The molecule has 0 aromatic rings. The monoisotopic (exact) mass is 172 g/mol. The van der Waals surface area contributed by atoms with E-state index >= 15 is 0 Å². The average molecular weight is 172 g/mol. The van der Waals surface area contributed by atoms with E-state index in [0.717, 1.165) is 6.08 Å². The van der Waals surface area contributed by atoms with E-state index in [4.69, 9.17) is 10.2 Å². The molecular formula is C8H12O4. The molecule has 0 amide bonds. The predicted octanol–water partition coefficient (Wildman–Crippen LogP) is 1.13. The smallest absolute Gasteiger partial charge is 0.331 e. The van der Waals surface area contributed by atoms with Gasteiger partial charge in [-0.3, -0.25) is 0 Å². The highest BCUT2D eigenvalue weighted by molar-refractivity contribution is 5.94. The molecule has 0 aliphatic rings. The first-order valence-electron chi connectivity index (χ1n) is 3.60. The molecule has 0 bridgehead atoms. The van der Waals surface area contributed by atoms with Crippen LogP contribution in [-0.4, -0.2) is 22.2 Å². The molecule has 0 saturated carbocycles. The maximum Gasteiger partial charge on any atom is 0.331 e. The van der Waals surface area contributed by atoms with Crippen LogP contribution in [0.1, 0.15) is 20.3 Å². The lowest BCUT2D eigenvalue weighted by molar-refractivity contribution is -0.135. The van der Waals surface area contributed by atoms with Gasteiger partial charge in [-0.2, -0.15) is 0 Å². The Morgan fingerprint density at radius 1 is 1.33 bits per heavy atom. The van der Waals surface area contributed by atoms with Crippen molar-refractivity contribution >= 4 is 11.9 Å². The van der Waals surface area contributed by atoms with Gasteiger partial charge in [0.15, 0.2) is 0 Å². The van der Waals surface area contributed by atoms with Crippen LogP contribution < -0.4 is 0 Å². The van der Waals surface area contributed by atoms with E-state index in [0.29, 0.717) is 0 Å². The molecule has 12 heavy (non-hydrogen) atoms. The molecule has 0 spiro atoms. The van der Waals surface area contributed by atoms with Gasteiger partial charge in [0, 0.05) is 11.6 Å². The van der Waals surface area contributed by atoms with Crippen LogP contribution in [-0.2, 0) is 9.59 Å². The van der Waals surface area contributed by atoms with Crippen LogP contribution in [0, 0.1) is 5.92 Å². The summed E-state index contributed by atoms with van der Waals surface area (Å²) in [6, 6.07) is 0. The molecule has 0 radical (unpaired) electrons. The van der Waals surface area contributed by atoms with Crippen molar-refractivity contribution in [2.24, 2.45) is 5.92 Å². The number of hydrogen-bond acceptors (Lipinski definition) is 2. The summed E-state index contributed by atoms with van der Waals surface area (Å²) in [6.45, 7) is 3.66. The van der Waals surface area contributed by atoms with Crippen molar-refractivity contribution in [2.45, 2.75) is 20.3 Å². The molecular weight excluding hydrogens is 160 g/mol. The molecule has 0 fully saturated rings. The van der Waals surface area contributed by atoms with Gasteiger partial charge in [-0.05, 0) is 12.3 Å². The Bertz CT molecular complexity index is 215. The topological polar surface area (TPSA) is 74.6 Å². The van der Waals surface area contributed by atoms with E-state index in [1.807, 2.05) is 13.8 Å². The molecule has 0 atom stereocenters. The zero-order valence-corrected chi connectivity index (χ0v) is 7.07. The van der Waals surface area contributed by atoms with Gasteiger partial charge in [-0.1, -0.05) is 13.8 Å². The highest BCUT2D eigenvalue weighted by Gasteiger charge is 2.10. The van der Waals surface area contributed by atoms with Crippen molar-refractivity contribution in [1.29, 1.82) is 0 Å². The minimum Gasteiger partial charge on any atom is -0.478 e. The Labute approximate surface area is 70.5 Å². The summed E-state index contributed by atoms with van der Waals surface area (Å²) >= 11 is 0. The second kappa shape index (κ2) is 4.54. The molecule has 0 aromatic heterocycles. The van der Waals surface area contributed by atoms with Gasteiger partial charge in [-0.25, -0.2) is 9.59 Å². The van der Waals surface area contributed by atoms with Gasteiger partial charge in [0.2, 0.25) is 0 Å². The lowest BCUT2D eigenvalue weighted by atomic mass is 10.0. The Kier molecular flexibility index (Phi) is 4.04. The SMILES string of the molecule is CC(C)C/C(=C/C(=O)O)C(=O)O. The molecule has 0 unspecified atom stereocenters. The molecule has 0 rings (SSSR count). The fourth-order valence-electron chi connectivity index (χ4n) is 0.797. The third-order valence-electron chi connectivity index (χ3n) is 1.20. The van der Waals surface area contributed by atoms with Crippen LogP contribution in [0.4, 0.5) is 0 Å². The predicted molar refractivity (Wildman–Crippen MR) is 42.8 cm³/mol. The Morgan fingerprint density at radius 2 is 1.83 bits per heavy atom. The van der Waals surface area contributed by atoms with E-state index in [9.17, 15) is 9.59 Å². The largest absolute Gasteiger partial charge is 0.478 e. The van der Waals surface area contributed by atoms with Gasteiger partial charge in [0.1, 0.15) is 0 Å². The van der Waals surface area contributed by atoms with Gasteiger partial charge >= 0.3 is 11.9 Å². The molecule has 4 nitrogen and oxygen atoms in total. The van der Waals surface area contributed by atoms with E-state index in [-0.39, 0.29) is 17.9 Å². The summed E-state index contributed by atoms with van der Waals surface area (Å²) in [5.74, 6) is -2.23. The van der Waals surface area contributed by atoms with Crippen molar-refractivity contribution in [1.82, 2.24) is 0 Å².